The van der Waals surface area contributed by atoms with Crippen LogP contribution in [0.25, 0.3) is 0 Å². The molecular formula is C81H86O16. The minimum Gasteiger partial charge on any atom is -0.394 e. The minimum absolute atomic E-state index is 0.00925. The van der Waals surface area contributed by atoms with Crippen molar-refractivity contribution in [2.45, 2.75) is 152 Å². The number of hydrogen-bond acceptors (Lipinski definition) is 16. The van der Waals surface area contributed by atoms with Crippen LogP contribution in [0.15, 0.2) is 273 Å². The van der Waals surface area contributed by atoms with Crippen molar-refractivity contribution in [3.05, 3.63) is 323 Å². The molecule has 3 heterocycles. The van der Waals surface area contributed by atoms with Crippen molar-refractivity contribution in [2.75, 3.05) is 19.8 Å². The summed E-state index contributed by atoms with van der Waals surface area (Å²) in [7, 11) is 0. The van der Waals surface area contributed by atoms with E-state index in [0.29, 0.717) is 0 Å². The van der Waals surface area contributed by atoms with Crippen molar-refractivity contribution < 1.29 is 76.5 Å². The summed E-state index contributed by atoms with van der Waals surface area (Å²) in [4.78, 5) is 0. The lowest BCUT2D eigenvalue weighted by Gasteiger charge is -2.51. The van der Waals surface area contributed by atoms with Gasteiger partial charge in [0.2, 0.25) is 0 Å². The maximum absolute atomic E-state index is 12.5. The van der Waals surface area contributed by atoms with Crippen molar-refractivity contribution in [3.8, 4) is 0 Å². The Hall–Kier alpha value is -7.66. The second-order valence-electron chi connectivity index (χ2n) is 24.4. The average Bonchev–Trinajstić information content (AvgIpc) is 0.793. The molecule has 506 valence electrons. The smallest absolute Gasteiger partial charge is 0.187 e. The fourth-order valence-corrected chi connectivity index (χ4v) is 12.3. The highest BCUT2D eigenvalue weighted by Crippen LogP contribution is 2.39. The zero-order valence-electron chi connectivity index (χ0n) is 54.2. The first-order chi connectivity index (χ1) is 48.0. The van der Waals surface area contributed by atoms with Crippen LogP contribution in [-0.2, 0) is 126 Å². The molecule has 0 spiro atoms. The first kappa shape index (κ1) is 69.2. The third kappa shape index (κ3) is 20.0. The number of rotatable bonds is 34. The minimum atomic E-state index is -1.69. The van der Waals surface area contributed by atoms with Gasteiger partial charge in [0, 0.05) is 0 Å². The van der Waals surface area contributed by atoms with Crippen LogP contribution in [0.4, 0.5) is 0 Å². The van der Waals surface area contributed by atoms with Crippen LogP contribution in [0.3, 0.4) is 0 Å². The van der Waals surface area contributed by atoms with Crippen LogP contribution in [0.2, 0.25) is 0 Å². The van der Waals surface area contributed by atoms with Gasteiger partial charge in [-0.15, -0.1) is 0 Å². The second-order valence-corrected chi connectivity index (χ2v) is 24.4. The van der Waals surface area contributed by atoms with Crippen LogP contribution >= 0.6 is 0 Å². The molecule has 12 rings (SSSR count). The van der Waals surface area contributed by atoms with Gasteiger partial charge in [0.15, 0.2) is 18.9 Å². The summed E-state index contributed by atoms with van der Waals surface area (Å²) >= 11 is 0. The predicted octanol–water partition coefficient (Wildman–Crippen LogP) is 12.4. The molecule has 3 aliphatic rings. The standard InChI is InChI=1S/C81H86O16/c82-46-67-72(96-80-77(91-54-65-42-24-8-25-43-65)73(88-51-62-36-18-5-19-37-62)70(86-49-60-32-14-3-15-33-60)68(94-80)56-84-47-58-28-10-1-11-29-58)75(76(79(83)93-67)90-53-64-40-22-7-23-41-64)97-81-78(92-55-66-44-26-9-27-45-66)74(89-52-63-38-20-6-21-39-63)71(87-50-61-34-16-4-17-35-61)69(95-81)57-85-48-59-30-12-2-13-31-59/h1-45,67-83H,46-57H2/t67?,68?,69?,70-,71+,72-,73?,74?,75?,76?,77?,78?,79+,80+,81+/m1/s1. The Morgan fingerprint density at radius 1 is 0.237 bits per heavy atom. The Balaban J connectivity index is 0.960. The summed E-state index contributed by atoms with van der Waals surface area (Å²) in [6.45, 7) is 0.862. The molecule has 3 aliphatic heterocycles. The quantitative estimate of drug-likeness (QED) is 0.0390. The summed E-state index contributed by atoms with van der Waals surface area (Å²) in [5, 5.41) is 24.3. The van der Waals surface area contributed by atoms with E-state index in [2.05, 4.69) is 0 Å². The van der Waals surface area contributed by atoms with Gasteiger partial charge in [-0.1, -0.05) is 273 Å². The molecule has 9 aromatic carbocycles. The van der Waals surface area contributed by atoms with Gasteiger partial charge in [-0.25, -0.2) is 0 Å². The maximum atomic E-state index is 12.5. The summed E-state index contributed by atoms with van der Waals surface area (Å²) < 4.78 is 99.2. The van der Waals surface area contributed by atoms with Gasteiger partial charge in [-0.05, 0) is 50.1 Å². The van der Waals surface area contributed by atoms with Crippen molar-refractivity contribution >= 4 is 0 Å². The fourth-order valence-electron chi connectivity index (χ4n) is 12.3. The highest BCUT2D eigenvalue weighted by atomic mass is 16.8. The van der Waals surface area contributed by atoms with Gasteiger partial charge < -0.3 is 76.5 Å². The zero-order chi connectivity index (χ0) is 66.1. The first-order valence-corrected chi connectivity index (χ1v) is 33.4. The van der Waals surface area contributed by atoms with E-state index in [1.807, 2.05) is 273 Å². The lowest BCUT2D eigenvalue weighted by atomic mass is 9.95. The SMILES string of the molecule is OCC1O[C@H](O)C(OCc2ccccc2)C(O[C@@H]2OC(COCc3ccccc3)[C@H](OCc3ccccc3)C(OCc3ccccc3)C2OCc2ccccc2)[C@@H]1O[C@@H]1OC(COCc2ccccc2)[C@@H](OCc2ccccc2)C(OCc2ccccc2)C1OCc1ccccc1. The molecule has 0 bridgehead atoms. The number of ether oxygens (including phenoxy) is 14. The highest BCUT2D eigenvalue weighted by Gasteiger charge is 2.57. The third-order valence-electron chi connectivity index (χ3n) is 17.3. The molecule has 9 aromatic rings. The summed E-state index contributed by atoms with van der Waals surface area (Å²) in [5.41, 5.74) is 8.16. The van der Waals surface area contributed by atoms with Crippen LogP contribution in [-0.4, -0.2) is 122 Å². The predicted molar refractivity (Wildman–Crippen MR) is 362 cm³/mol. The Bertz CT molecular complexity index is 3600. The van der Waals surface area contributed by atoms with Gasteiger partial charge in [-0.2, -0.15) is 0 Å². The molecule has 16 nitrogen and oxygen atoms in total. The Labute approximate surface area is 568 Å². The number of aliphatic hydroxyl groups excluding tert-OH is 2. The molecule has 0 aromatic heterocycles. The molecule has 0 saturated carbocycles. The maximum Gasteiger partial charge on any atom is 0.187 e. The van der Waals surface area contributed by atoms with E-state index in [4.69, 9.17) is 66.3 Å². The Morgan fingerprint density at radius 3 is 0.753 bits per heavy atom. The fraction of sp³-hybridized carbons (Fsp3) is 0.333. The van der Waals surface area contributed by atoms with E-state index in [0.717, 1.165) is 50.1 Å². The lowest BCUT2D eigenvalue weighted by molar-refractivity contribution is -0.397. The van der Waals surface area contributed by atoms with Crippen molar-refractivity contribution in [3.63, 3.8) is 0 Å². The largest absolute Gasteiger partial charge is 0.394 e. The number of benzene rings is 9. The van der Waals surface area contributed by atoms with Gasteiger partial charge in [0.05, 0.1) is 79.3 Å². The third-order valence-corrected chi connectivity index (χ3v) is 17.3. The van der Waals surface area contributed by atoms with Gasteiger partial charge in [0.1, 0.15) is 73.2 Å². The molecule has 0 aliphatic carbocycles. The van der Waals surface area contributed by atoms with E-state index >= 15 is 0 Å². The topological polar surface area (TPSA) is 170 Å². The molecule has 97 heavy (non-hydrogen) atoms. The van der Waals surface area contributed by atoms with E-state index < -0.39 is 98.7 Å². The molecule has 16 heteroatoms. The van der Waals surface area contributed by atoms with Crippen LogP contribution in [0.5, 0.6) is 0 Å². The molecule has 2 N–H and O–H groups in total. The van der Waals surface area contributed by atoms with E-state index in [1.165, 1.54) is 0 Å². The summed E-state index contributed by atoms with van der Waals surface area (Å²) in [6, 6.07) is 88.6. The molecule has 0 radical (unpaired) electrons. The van der Waals surface area contributed by atoms with Gasteiger partial charge in [-0.3, -0.25) is 0 Å². The van der Waals surface area contributed by atoms with Crippen molar-refractivity contribution in [1.29, 1.82) is 0 Å². The van der Waals surface area contributed by atoms with E-state index in [1.54, 1.807) is 0 Å². The van der Waals surface area contributed by atoms with Gasteiger partial charge in [0.25, 0.3) is 0 Å². The zero-order valence-corrected chi connectivity index (χ0v) is 54.2. The molecule has 9 unspecified atom stereocenters. The Kier molecular flexibility index (Phi) is 26.3. The van der Waals surface area contributed by atoms with E-state index in [-0.39, 0.29) is 72.7 Å². The van der Waals surface area contributed by atoms with Gasteiger partial charge >= 0.3 is 0 Å². The second kappa shape index (κ2) is 36.8. The summed E-state index contributed by atoms with van der Waals surface area (Å²) in [6.07, 6.45) is -17.1. The average molecular weight is 1320 g/mol. The molecule has 3 saturated heterocycles. The molecule has 15 atom stereocenters. The first-order valence-electron chi connectivity index (χ1n) is 33.4. The van der Waals surface area contributed by atoms with Crippen LogP contribution in [0, 0.1) is 0 Å². The highest BCUT2D eigenvalue weighted by molar-refractivity contribution is 5.21. The van der Waals surface area contributed by atoms with Crippen LogP contribution < -0.4 is 0 Å². The van der Waals surface area contributed by atoms with Crippen molar-refractivity contribution in [1.82, 2.24) is 0 Å². The van der Waals surface area contributed by atoms with Crippen LogP contribution in [0.1, 0.15) is 50.1 Å². The number of hydrogen-bond donors (Lipinski definition) is 2. The normalized spacial score (nSPS) is 25.7. The Morgan fingerprint density at radius 2 is 0.474 bits per heavy atom. The monoisotopic (exact) mass is 1310 g/mol. The molecular weight excluding hydrogens is 1230 g/mol. The summed E-state index contributed by atoms with van der Waals surface area (Å²) in [5.74, 6) is 0. The van der Waals surface area contributed by atoms with Crippen molar-refractivity contribution in [2.24, 2.45) is 0 Å². The lowest BCUT2D eigenvalue weighted by Crippen LogP contribution is -2.68. The van der Waals surface area contributed by atoms with E-state index in [9.17, 15) is 10.2 Å². The molecule has 3 fully saturated rings. The molecule has 0 amide bonds. The number of aliphatic hydroxyl groups is 2.